The quantitative estimate of drug-likeness (QED) is 0.852. The zero-order valence-electron chi connectivity index (χ0n) is 10.6. The third-order valence-corrected chi connectivity index (χ3v) is 2.99. The van der Waals surface area contributed by atoms with Gasteiger partial charge in [0.15, 0.2) is 11.5 Å². The number of nitrogen functional groups attached to an aromatic ring is 1. The first-order chi connectivity index (χ1) is 9.37. The maximum atomic E-state index is 12.3. The fraction of sp³-hybridized carbons (Fsp3) is 0.545. The molecule has 1 aliphatic rings. The molecule has 9 heteroatoms. The molecular weight excluding hydrogens is 275 g/mol. The lowest BCUT2D eigenvalue weighted by Gasteiger charge is -2.34. The van der Waals surface area contributed by atoms with Crippen LogP contribution < -0.4 is 5.73 Å². The van der Waals surface area contributed by atoms with E-state index in [1.807, 2.05) is 0 Å². The molecule has 0 aromatic carbocycles. The van der Waals surface area contributed by atoms with Crippen molar-refractivity contribution >= 4 is 11.7 Å². The minimum atomic E-state index is -4.22. The number of nitrogens with zero attached hydrogens (tertiary/aromatic N) is 4. The highest BCUT2D eigenvalue weighted by atomic mass is 19.4. The van der Waals surface area contributed by atoms with Gasteiger partial charge in [0.1, 0.15) is 0 Å². The van der Waals surface area contributed by atoms with Gasteiger partial charge >= 0.3 is 6.18 Å². The summed E-state index contributed by atoms with van der Waals surface area (Å²) in [4.78, 5) is 22.4. The Bertz CT molecular complexity index is 485. The summed E-state index contributed by atoms with van der Waals surface area (Å²) in [5, 5.41) is 0. The van der Waals surface area contributed by atoms with Crippen molar-refractivity contribution < 1.29 is 18.0 Å². The summed E-state index contributed by atoms with van der Waals surface area (Å²) in [6.45, 7) is -0.186. The molecule has 1 aromatic heterocycles. The predicted molar refractivity (Wildman–Crippen MR) is 64.8 cm³/mol. The summed E-state index contributed by atoms with van der Waals surface area (Å²) in [6, 6.07) is 0. The molecule has 0 radical (unpaired) electrons. The maximum absolute atomic E-state index is 12.3. The van der Waals surface area contributed by atoms with E-state index in [1.165, 1.54) is 22.2 Å². The standard InChI is InChI=1S/C11H14F3N5O/c12-11(13,14)7-18-3-5-19(6-4-18)10(20)8-9(15)17-2-1-16-8/h1-2H,3-7H2,(H2,15,17). The van der Waals surface area contributed by atoms with Crippen LogP contribution in [0.15, 0.2) is 12.4 Å². The molecule has 0 atom stereocenters. The van der Waals surface area contributed by atoms with E-state index in [1.54, 1.807) is 0 Å². The van der Waals surface area contributed by atoms with Crippen molar-refractivity contribution in [1.29, 1.82) is 0 Å². The van der Waals surface area contributed by atoms with Gasteiger partial charge in [0.05, 0.1) is 6.54 Å². The number of carbonyl (C=O) groups excluding carboxylic acids is 1. The summed E-state index contributed by atoms with van der Waals surface area (Å²) in [7, 11) is 0. The fourth-order valence-corrected chi connectivity index (χ4v) is 2.03. The normalized spacial score (nSPS) is 17.2. The van der Waals surface area contributed by atoms with Crippen LogP contribution in [0, 0.1) is 0 Å². The number of carbonyl (C=O) groups is 1. The molecule has 1 aromatic rings. The van der Waals surface area contributed by atoms with Crippen LogP contribution in [-0.2, 0) is 0 Å². The van der Waals surface area contributed by atoms with Crippen LogP contribution in [0.3, 0.4) is 0 Å². The van der Waals surface area contributed by atoms with E-state index >= 15 is 0 Å². The highest BCUT2D eigenvalue weighted by Gasteiger charge is 2.33. The van der Waals surface area contributed by atoms with E-state index in [-0.39, 0.29) is 37.7 Å². The van der Waals surface area contributed by atoms with Crippen molar-refractivity contribution in [2.24, 2.45) is 0 Å². The number of halogens is 3. The zero-order valence-corrected chi connectivity index (χ0v) is 10.6. The average Bonchev–Trinajstić information content (AvgIpc) is 2.37. The topological polar surface area (TPSA) is 75.3 Å². The lowest BCUT2D eigenvalue weighted by molar-refractivity contribution is -0.148. The monoisotopic (exact) mass is 289 g/mol. The molecule has 1 saturated heterocycles. The number of hydrogen-bond acceptors (Lipinski definition) is 5. The number of alkyl halides is 3. The van der Waals surface area contributed by atoms with Gasteiger partial charge in [-0.1, -0.05) is 0 Å². The fourth-order valence-electron chi connectivity index (χ4n) is 2.03. The van der Waals surface area contributed by atoms with Gasteiger partial charge in [-0.2, -0.15) is 13.2 Å². The van der Waals surface area contributed by atoms with Crippen molar-refractivity contribution in [3.05, 3.63) is 18.1 Å². The SMILES string of the molecule is Nc1nccnc1C(=O)N1CCN(CC(F)(F)F)CC1. The average molecular weight is 289 g/mol. The van der Waals surface area contributed by atoms with Gasteiger partial charge in [-0.25, -0.2) is 9.97 Å². The molecule has 2 N–H and O–H groups in total. The lowest BCUT2D eigenvalue weighted by atomic mass is 10.2. The Morgan fingerprint density at radius 3 is 2.35 bits per heavy atom. The van der Waals surface area contributed by atoms with Crippen LogP contribution in [0.2, 0.25) is 0 Å². The molecule has 6 nitrogen and oxygen atoms in total. The number of nitrogens with two attached hydrogens (primary N) is 1. The molecule has 20 heavy (non-hydrogen) atoms. The Hall–Kier alpha value is -1.90. The van der Waals surface area contributed by atoms with E-state index in [2.05, 4.69) is 9.97 Å². The second kappa shape index (κ2) is 5.61. The first kappa shape index (κ1) is 14.5. The van der Waals surface area contributed by atoms with Gasteiger partial charge in [-0.05, 0) is 0 Å². The van der Waals surface area contributed by atoms with E-state index in [4.69, 9.17) is 5.73 Å². The highest BCUT2D eigenvalue weighted by molar-refractivity contribution is 5.96. The van der Waals surface area contributed by atoms with Crippen LogP contribution in [0.5, 0.6) is 0 Å². The van der Waals surface area contributed by atoms with Crippen LogP contribution in [0.4, 0.5) is 19.0 Å². The summed E-state index contributed by atoms with van der Waals surface area (Å²) < 4.78 is 36.8. The number of piperazine rings is 1. The molecule has 2 rings (SSSR count). The summed E-state index contributed by atoms with van der Waals surface area (Å²) in [6.07, 6.45) is -1.50. The summed E-state index contributed by atoms with van der Waals surface area (Å²) in [5.41, 5.74) is 5.60. The Labute approximate surface area is 113 Å². The number of hydrogen-bond donors (Lipinski definition) is 1. The van der Waals surface area contributed by atoms with E-state index in [9.17, 15) is 18.0 Å². The van der Waals surface area contributed by atoms with Gasteiger partial charge in [-0.15, -0.1) is 0 Å². The van der Waals surface area contributed by atoms with Crippen molar-refractivity contribution in [1.82, 2.24) is 19.8 Å². The van der Waals surface area contributed by atoms with Crippen LogP contribution in [0.1, 0.15) is 10.5 Å². The van der Waals surface area contributed by atoms with Gasteiger partial charge < -0.3 is 10.6 Å². The Balaban J connectivity index is 1.94. The van der Waals surface area contributed by atoms with Gasteiger partial charge in [0.2, 0.25) is 0 Å². The number of rotatable bonds is 2. The molecule has 0 aliphatic carbocycles. The Morgan fingerprint density at radius 1 is 1.20 bits per heavy atom. The van der Waals surface area contributed by atoms with Crippen molar-refractivity contribution in [3.63, 3.8) is 0 Å². The van der Waals surface area contributed by atoms with Crippen LogP contribution >= 0.6 is 0 Å². The third-order valence-electron chi connectivity index (χ3n) is 2.99. The third kappa shape index (κ3) is 3.56. The Kier molecular flexibility index (Phi) is 4.07. The largest absolute Gasteiger partial charge is 0.401 e. The van der Waals surface area contributed by atoms with E-state index in [0.29, 0.717) is 0 Å². The van der Waals surface area contributed by atoms with Gasteiger partial charge in [-0.3, -0.25) is 9.69 Å². The van der Waals surface area contributed by atoms with Gasteiger partial charge in [0, 0.05) is 38.6 Å². The van der Waals surface area contributed by atoms with Crippen molar-refractivity contribution in [3.8, 4) is 0 Å². The predicted octanol–water partition coefficient (Wildman–Crippen LogP) is 0.379. The first-order valence-corrected chi connectivity index (χ1v) is 6.01. The first-order valence-electron chi connectivity index (χ1n) is 6.01. The van der Waals surface area contributed by atoms with Crippen molar-refractivity contribution in [2.45, 2.75) is 6.18 Å². The zero-order chi connectivity index (χ0) is 14.8. The molecule has 1 amide bonds. The summed E-state index contributed by atoms with van der Waals surface area (Å²) in [5.74, 6) is -0.377. The molecule has 1 fully saturated rings. The highest BCUT2D eigenvalue weighted by Crippen LogP contribution is 2.18. The summed E-state index contributed by atoms with van der Waals surface area (Å²) >= 11 is 0. The van der Waals surface area contributed by atoms with Crippen molar-refractivity contribution in [2.75, 3.05) is 38.5 Å². The molecule has 0 spiro atoms. The van der Waals surface area contributed by atoms with Gasteiger partial charge in [0.25, 0.3) is 5.91 Å². The van der Waals surface area contributed by atoms with Crippen LogP contribution in [0.25, 0.3) is 0 Å². The molecule has 0 bridgehead atoms. The molecule has 110 valence electrons. The molecule has 0 saturated carbocycles. The molecule has 0 unspecified atom stereocenters. The smallest absolute Gasteiger partial charge is 0.382 e. The number of anilines is 1. The van der Waals surface area contributed by atoms with E-state index in [0.717, 1.165) is 0 Å². The maximum Gasteiger partial charge on any atom is 0.401 e. The molecular formula is C11H14F3N5O. The second-order valence-electron chi connectivity index (χ2n) is 4.47. The number of aromatic nitrogens is 2. The van der Waals surface area contributed by atoms with Crippen LogP contribution in [-0.4, -0.2) is 64.6 Å². The minimum Gasteiger partial charge on any atom is -0.382 e. The number of amides is 1. The molecule has 2 heterocycles. The van der Waals surface area contributed by atoms with E-state index < -0.39 is 18.6 Å². The Morgan fingerprint density at radius 2 is 1.80 bits per heavy atom. The minimum absolute atomic E-state index is 0.0234. The second-order valence-corrected chi connectivity index (χ2v) is 4.47. The molecule has 1 aliphatic heterocycles. The lowest BCUT2D eigenvalue weighted by Crippen LogP contribution is -2.51.